The van der Waals surface area contributed by atoms with E-state index in [1.807, 2.05) is 55.5 Å². The van der Waals surface area contributed by atoms with Crippen LogP contribution in [0.4, 0.5) is 4.39 Å². The molecular weight excluding hydrogens is 429 g/mol. The van der Waals surface area contributed by atoms with Crippen LogP contribution >= 0.6 is 11.6 Å². The monoisotopic (exact) mass is 449 g/mol. The normalized spacial score (nSPS) is 10.9. The summed E-state index contributed by atoms with van der Waals surface area (Å²) in [7, 11) is 0. The van der Waals surface area contributed by atoms with E-state index in [2.05, 4.69) is 4.98 Å². The molecule has 0 aliphatic rings. The van der Waals surface area contributed by atoms with Crippen LogP contribution in [0, 0.1) is 19.7 Å². The van der Waals surface area contributed by atoms with Crippen molar-refractivity contribution in [3.05, 3.63) is 94.4 Å². The Bertz CT molecular complexity index is 1290. The third kappa shape index (κ3) is 4.73. The van der Waals surface area contributed by atoms with Gasteiger partial charge in [-0.15, -0.1) is 0 Å². The summed E-state index contributed by atoms with van der Waals surface area (Å²) < 4.78 is 24.8. The number of aromatic nitrogens is 1. The summed E-state index contributed by atoms with van der Waals surface area (Å²) >= 11 is 6.53. The van der Waals surface area contributed by atoms with E-state index >= 15 is 0 Å². The predicted molar refractivity (Wildman–Crippen MR) is 123 cm³/mol. The van der Waals surface area contributed by atoms with Gasteiger partial charge in [0.1, 0.15) is 17.6 Å². The topological polar surface area (TPSA) is 48.4 Å². The Kier molecular flexibility index (Phi) is 6.37. The number of hydrogen-bond donors (Lipinski definition) is 0. The van der Waals surface area contributed by atoms with Crippen LogP contribution < -0.4 is 4.74 Å². The number of pyridine rings is 1. The summed E-state index contributed by atoms with van der Waals surface area (Å²) in [5.41, 5.74) is 3.84. The van der Waals surface area contributed by atoms with Crippen LogP contribution in [-0.4, -0.2) is 17.6 Å². The summed E-state index contributed by atoms with van der Waals surface area (Å²) in [6.07, 6.45) is 0. The number of carbonyl (C=O) groups excluding carboxylic acids is 1. The van der Waals surface area contributed by atoms with E-state index < -0.39 is 5.97 Å². The Hall–Kier alpha value is -3.44. The molecule has 1 aromatic heterocycles. The van der Waals surface area contributed by atoms with Gasteiger partial charge in [0.05, 0.1) is 0 Å². The van der Waals surface area contributed by atoms with Crippen LogP contribution in [0.2, 0.25) is 5.15 Å². The lowest BCUT2D eigenvalue weighted by Crippen LogP contribution is -2.15. The molecule has 0 fully saturated rings. The molecule has 0 amide bonds. The second-order valence-corrected chi connectivity index (χ2v) is 7.89. The van der Waals surface area contributed by atoms with Crippen molar-refractivity contribution in [3.8, 4) is 17.0 Å². The smallest absolute Gasteiger partial charge is 0.344 e. The van der Waals surface area contributed by atoms with Crippen molar-refractivity contribution in [1.82, 2.24) is 4.98 Å². The van der Waals surface area contributed by atoms with E-state index in [0.717, 1.165) is 22.1 Å². The molecular formula is C26H21ClFNO3. The molecule has 0 saturated carbocycles. The fraction of sp³-hybridized carbons (Fsp3) is 0.154. The lowest BCUT2D eigenvalue weighted by Gasteiger charge is -2.15. The first-order chi connectivity index (χ1) is 15.4. The maximum Gasteiger partial charge on any atom is 0.344 e. The first-order valence-electron chi connectivity index (χ1n) is 10.1. The molecule has 4 nitrogen and oxygen atoms in total. The molecule has 0 radical (unpaired) electrons. The zero-order chi connectivity index (χ0) is 22.7. The Morgan fingerprint density at radius 3 is 2.53 bits per heavy atom. The Morgan fingerprint density at radius 1 is 1.00 bits per heavy atom. The first kappa shape index (κ1) is 21.8. The summed E-state index contributed by atoms with van der Waals surface area (Å²) in [6, 6.07) is 20.0. The molecule has 0 aliphatic carbocycles. The fourth-order valence-corrected chi connectivity index (χ4v) is 3.75. The van der Waals surface area contributed by atoms with Gasteiger partial charge >= 0.3 is 5.97 Å². The highest BCUT2D eigenvalue weighted by Crippen LogP contribution is 2.39. The molecule has 0 atom stereocenters. The average Bonchev–Trinajstić information content (AvgIpc) is 2.79. The summed E-state index contributed by atoms with van der Waals surface area (Å²) in [6.45, 7) is 3.52. The number of halogens is 2. The third-order valence-corrected chi connectivity index (χ3v) is 5.37. The van der Waals surface area contributed by atoms with Crippen molar-refractivity contribution in [3.63, 3.8) is 0 Å². The molecule has 4 aromatic rings. The second-order valence-electron chi connectivity index (χ2n) is 7.53. The van der Waals surface area contributed by atoms with E-state index in [-0.39, 0.29) is 30.1 Å². The highest BCUT2D eigenvalue weighted by molar-refractivity contribution is 6.34. The van der Waals surface area contributed by atoms with Gasteiger partial charge in [0.25, 0.3) is 0 Å². The van der Waals surface area contributed by atoms with Gasteiger partial charge < -0.3 is 9.47 Å². The summed E-state index contributed by atoms with van der Waals surface area (Å²) in [5, 5.41) is 1.72. The minimum atomic E-state index is -0.509. The molecule has 3 aromatic carbocycles. The fourth-order valence-electron chi connectivity index (χ4n) is 3.46. The maximum absolute atomic E-state index is 13.8. The molecule has 162 valence electrons. The molecule has 4 rings (SSSR count). The SMILES string of the molecule is Cc1ccc2c(-c3ccc(F)c(C)c3)c(Cl)nc(OCC(=O)OCc3ccccc3)c2c1. The molecule has 0 spiro atoms. The Balaban J connectivity index is 1.62. The second kappa shape index (κ2) is 9.37. The maximum atomic E-state index is 13.8. The molecule has 0 bridgehead atoms. The van der Waals surface area contributed by atoms with Gasteiger partial charge in [-0.3, -0.25) is 0 Å². The van der Waals surface area contributed by atoms with Crippen LogP contribution in [0.3, 0.4) is 0 Å². The number of aryl methyl sites for hydroxylation is 2. The van der Waals surface area contributed by atoms with Crippen molar-refractivity contribution in [2.75, 3.05) is 6.61 Å². The van der Waals surface area contributed by atoms with Gasteiger partial charge in [0, 0.05) is 10.9 Å². The number of rotatable bonds is 6. The highest BCUT2D eigenvalue weighted by Gasteiger charge is 2.17. The minimum Gasteiger partial charge on any atom is -0.465 e. The number of ether oxygens (including phenoxy) is 2. The van der Waals surface area contributed by atoms with E-state index in [1.165, 1.54) is 6.07 Å². The number of benzene rings is 3. The number of carbonyl (C=O) groups is 1. The highest BCUT2D eigenvalue weighted by atomic mass is 35.5. The van der Waals surface area contributed by atoms with Gasteiger partial charge in [-0.2, -0.15) is 0 Å². The number of fused-ring (bicyclic) bond motifs is 1. The van der Waals surface area contributed by atoms with Gasteiger partial charge in [-0.1, -0.05) is 65.7 Å². The number of esters is 1. The van der Waals surface area contributed by atoms with Crippen molar-refractivity contribution < 1.29 is 18.7 Å². The third-order valence-electron chi connectivity index (χ3n) is 5.10. The van der Waals surface area contributed by atoms with Crippen LogP contribution in [0.15, 0.2) is 66.7 Å². The molecule has 0 unspecified atom stereocenters. The van der Waals surface area contributed by atoms with E-state index in [1.54, 1.807) is 19.1 Å². The lowest BCUT2D eigenvalue weighted by molar-refractivity contribution is -0.147. The Morgan fingerprint density at radius 2 is 1.78 bits per heavy atom. The van der Waals surface area contributed by atoms with Crippen LogP contribution in [-0.2, 0) is 16.1 Å². The first-order valence-corrected chi connectivity index (χ1v) is 10.5. The number of nitrogens with zero attached hydrogens (tertiary/aromatic N) is 1. The van der Waals surface area contributed by atoms with Crippen LogP contribution in [0.1, 0.15) is 16.7 Å². The largest absolute Gasteiger partial charge is 0.465 e. The van der Waals surface area contributed by atoms with Crippen LogP contribution in [0.25, 0.3) is 21.9 Å². The standard InChI is InChI=1S/C26H21ClFNO3/c1-16-8-10-20-21(12-16)26(32-15-23(30)31-14-18-6-4-3-5-7-18)29-25(27)24(20)19-9-11-22(28)17(2)13-19/h3-13H,14-15H2,1-2H3. The molecule has 6 heteroatoms. The van der Waals surface area contributed by atoms with E-state index in [0.29, 0.717) is 16.5 Å². The van der Waals surface area contributed by atoms with E-state index in [4.69, 9.17) is 21.1 Å². The van der Waals surface area contributed by atoms with Gasteiger partial charge in [0.2, 0.25) is 5.88 Å². The van der Waals surface area contributed by atoms with Crippen molar-refractivity contribution in [1.29, 1.82) is 0 Å². The van der Waals surface area contributed by atoms with Gasteiger partial charge in [-0.05, 0) is 54.1 Å². The molecule has 32 heavy (non-hydrogen) atoms. The van der Waals surface area contributed by atoms with Gasteiger partial charge in [0.15, 0.2) is 6.61 Å². The molecule has 0 N–H and O–H groups in total. The van der Waals surface area contributed by atoms with Crippen molar-refractivity contribution in [2.24, 2.45) is 0 Å². The van der Waals surface area contributed by atoms with Crippen molar-refractivity contribution >= 4 is 28.3 Å². The van der Waals surface area contributed by atoms with E-state index in [9.17, 15) is 9.18 Å². The molecule has 1 heterocycles. The zero-order valence-electron chi connectivity index (χ0n) is 17.7. The summed E-state index contributed by atoms with van der Waals surface area (Å²) in [4.78, 5) is 16.6. The minimum absolute atomic E-state index is 0.167. The molecule has 0 saturated heterocycles. The van der Waals surface area contributed by atoms with Crippen molar-refractivity contribution in [2.45, 2.75) is 20.5 Å². The van der Waals surface area contributed by atoms with Crippen LogP contribution in [0.5, 0.6) is 5.88 Å². The lowest BCUT2D eigenvalue weighted by atomic mass is 9.98. The van der Waals surface area contributed by atoms with Gasteiger partial charge in [-0.25, -0.2) is 14.2 Å². The summed E-state index contributed by atoms with van der Waals surface area (Å²) in [5.74, 6) is -0.550. The Labute approximate surface area is 190 Å². The predicted octanol–water partition coefficient (Wildman–Crippen LogP) is 6.43. The average molecular weight is 450 g/mol. The molecule has 0 aliphatic heterocycles. The quantitative estimate of drug-likeness (QED) is 0.251. The zero-order valence-corrected chi connectivity index (χ0v) is 18.4. The number of hydrogen-bond acceptors (Lipinski definition) is 4.